The molecule has 1 amide bonds. The van der Waals surface area contributed by atoms with Gasteiger partial charge in [0.15, 0.2) is 0 Å². The molecule has 0 saturated heterocycles. The predicted molar refractivity (Wildman–Crippen MR) is 85.5 cm³/mol. The molecule has 0 atom stereocenters. The summed E-state index contributed by atoms with van der Waals surface area (Å²) in [6.45, 7) is 2.20. The summed E-state index contributed by atoms with van der Waals surface area (Å²) >= 11 is 5.99. The van der Waals surface area contributed by atoms with Crippen LogP contribution >= 0.6 is 11.6 Å². The van der Waals surface area contributed by atoms with E-state index in [2.05, 4.69) is 17.2 Å². The summed E-state index contributed by atoms with van der Waals surface area (Å²) in [5.41, 5.74) is 8.22. The van der Waals surface area contributed by atoms with Gasteiger partial charge in [-0.25, -0.2) is 0 Å². The van der Waals surface area contributed by atoms with E-state index in [9.17, 15) is 4.79 Å². The molecule has 0 fully saturated rings. The number of nitrogens with zero attached hydrogens (tertiary/aromatic N) is 1. The molecule has 5 heteroatoms. The van der Waals surface area contributed by atoms with Crippen molar-refractivity contribution in [2.75, 3.05) is 11.9 Å². The molecule has 2 aromatic rings. The lowest BCUT2D eigenvalue weighted by molar-refractivity contribution is 0.101. The first-order valence-electron chi connectivity index (χ1n) is 6.45. The second-order valence-corrected chi connectivity index (χ2v) is 5.01. The normalized spacial score (nSPS) is 9.90. The van der Waals surface area contributed by atoms with Gasteiger partial charge in [-0.3, -0.25) is 4.79 Å². The second kappa shape index (κ2) is 6.49. The molecule has 0 radical (unpaired) electrons. The molecule has 0 unspecified atom stereocenters. The number of hydrogen-bond acceptors (Lipinski definition) is 2. The fraction of sp³-hybridized carbons (Fsp3) is 0.188. The van der Waals surface area contributed by atoms with Gasteiger partial charge in [-0.05, 0) is 37.3 Å². The zero-order valence-corrected chi connectivity index (χ0v) is 12.7. The summed E-state index contributed by atoms with van der Waals surface area (Å²) in [7, 11) is 1.84. The number of nitrogens with one attached hydrogen (secondary N) is 1. The maximum absolute atomic E-state index is 12.3. The number of anilines is 1. The van der Waals surface area contributed by atoms with E-state index in [4.69, 9.17) is 17.3 Å². The minimum atomic E-state index is -0.205. The third kappa shape index (κ3) is 3.46. The van der Waals surface area contributed by atoms with Gasteiger partial charge >= 0.3 is 0 Å². The van der Waals surface area contributed by atoms with Crippen molar-refractivity contribution in [1.82, 2.24) is 4.57 Å². The molecule has 1 aromatic heterocycles. The van der Waals surface area contributed by atoms with E-state index in [0.717, 1.165) is 5.69 Å². The van der Waals surface area contributed by atoms with Gasteiger partial charge in [-0.1, -0.05) is 23.4 Å². The van der Waals surface area contributed by atoms with Crippen molar-refractivity contribution in [2.45, 2.75) is 6.92 Å². The Bertz CT molecular complexity index is 738. The van der Waals surface area contributed by atoms with Crippen LogP contribution in [0, 0.1) is 18.8 Å². The van der Waals surface area contributed by atoms with Gasteiger partial charge in [-0.2, -0.15) is 0 Å². The van der Waals surface area contributed by atoms with Crippen LogP contribution in [0.2, 0.25) is 5.02 Å². The van der Waals surface area contributed by atoms with Gasteiger partial charge in [0.1, 0.15) is 5.69 Å². The van der Waals surface area contributed by atoms with Gasteiger partial charge in [0.2, 0.25) is 0 Å². The van der Waals surface area contributed by atoms with E-state index in [-0.39, 0.29) is 12.5 Å². The molecule has 0 bridgehead atoms. The Morgan fingerprint density at radius 2 is 2.14 bits per heavy atom. The third-order valence-corrected chi connectivity index (χ3v) is 3.40. The molecule has 1 aromatic carbocycles. The summed E-state index contributed by atoms with van der Waals surface area (Å²) in [4.78, 5) is 12.3. The minimum Gasteiger partial charge on any atom is -0.344 e. The fourth-order valence-corrected chi connectivity index (χ4v) is 2.07. The van der Waals surface area contributed by atoms with Crippen LogP contribution < -0.4 is 11.1 Å². The van der Waals surface area contributed by atoms with Crippen molar-refractivity contribution in [3.05, 3.63) is 52.3 Å². The highest BCUT2D eigenvalue weighted by atomic mass is 35.5. The number of nitrogens with two attached hydrogens (primary N) is 1. The van der Waals surface area contributed by atoms with E-state index in [1.165, 1.54) is 0 Å². The molecule has 0 aliphatic carbocycles. The average molecular weight is 302 g/mol. The van der Waals surface area contributed by atoms with Crippen LogP contribution in [-0.4, -0.2) is 17.0 Å². The highest BCUT2D eigenvalue weighted by molar-refractivity contribution is 6.31. The lowest BCUT2D eigenvalue weighted by Crippen LogP contribution is -2.16. The van der Waals surface area contributed by atoms with Crippen molar-refractivity contribution in [3.8, 4) is 11.8 Å². The van der Waals surface area contributed by atoms with Gasteiger partial charge in [-0.15, -0.1) is 0 Å². The van der Waals surface area contributed by atoms with Crippen LogP contribution in [0.5, 0.6) is 0 Å². The number of halogens is 1. The standard InChI is InChI=1S/C16H16ClN3O/c1-11-5-8-15(20(11)2)16(21)19-14-10-13(17)7-6-12(14)4-3-9-18/h5-8,10H,9,18H2,1-2H3,(H,19,21). The predicted octanol–water partition coefficient (Wildman–Crippen LogP) is 2.55. The van der Waals surface area contributed by atoms with Crippen LogP contribution in [0.15, 0.2) is 30.3 Å². The number of carbonyl (C=O) groups excluding carboxylic acids is 1. The Kier molecular flexibility index (Phi) is 4.69. The fourth-order valence-electron chi connectivity index (χ4n) is 1.90. The maximum Gasteiger partial charge on any atom is 0.272 e. The SMILES string of the molecule is Cc1ccc(C(=O)Nc2cc(Cl)ccc2C#CCN)n1C. The first-order chi connectivity index (χ1) is 10.0. The number of benzene rings is 1. The first-order valence-corrected chi connectivity index (χ1v) is 6.83. The van der Waals surface area contributed by atoms with Crippen molar-refractivity contribution >= 4 is 23.2 Å². The van der Waals surface area contributed by atoms with E-state index >= 15 is 0 Å². The van der Waals surface area contributed by atoms with E-state index < -0.39 is 0 Å². The second-order valence-electron chi connectivity index (χ2n) is 4.57. The number of hydrogen-bond donors (Lipinski definition) is 2. The lowest BCUT2D eigenvalue weighted by Gasteiger charge is -2.09. The molecule has 21 heavy (non-hydrogen) atoms. The zero-order chi connectivity index (χ0) is 15.4. The van der Waals surface area contributed by atoms with Crippen molar-refractivity contribution in [3.63, 3.8) is 0 Å². The minimum absolute atomic E-state index is 0.205. The molecular formula is C16H16ClN3O. The summed E-state index contributed by atoms with van der Waals surface area (Å²) in [5, 5.41) is 3.38. The molecule has 0 aliphatic heterocycles. The highest BCUT2D eigenvalue weighted by Crippen LogP contribution is 2.21. The highest BCUT2D eigenvalue weighted by Gasteiger charge is 2.13. The summed E-state index contributed by atoms with van der Waals surface area (Å²) in [6.07, 6.45) is 0. The van der Waals surface area contributed by atoms with Crippen LogP contribution in [-0.2, 0) is 7.05 Å². The van der Waals surface area contributed by atoms with Gasteiger partial charge in [0, 0.05) is 23.3 Å². The van der Waals surface area contributed by atoms with Gasteiger partial charge in [0.25, 0.3) is 5.91 Å². The molecule has 108 valence electrons. The van der Waals surface area contributed by atoms with Crippen molar-refractivity contribution in [2.24, 2.45) is 12.8 Å². The summed E-state index contributed by atoms with van der Waals surface area (Å²) < 4.78 is 1.82. The van der Waals surface area contributed by atoms with Crippen LogP contribution in [0.4, 0.5) is 5.69 Å². The Morgan fingerprint density at radius 1 is 1.38 bits per heavy atom. The molecule has 0 spiro atoms. The molecule has 3 N–H and O–H groups in total. The number of aromatic nitrogens is 1. The van der Waals surface area contributed by atoms with Crippen molar-refractivity contribution in [1.29, 1.82) is 0 Å². The largest absolute Gasteiger partial charge is 0.344 e. The van der Waals surface area contributed by atoms with Gasteiger partial charge in [0.05, 0.1) is 12.2 Å². The Hall–Kier alpha value is -2.22. The molecule has 1 heterocycles. The summed E-state index contributed by atoms with van der Waals surface area (Å²) in [6, 6.07) is 8.83. The molecule has 2 rings (SSSR count). The van der Waals surface area contributed by atoms with E-state index in [0.29, 0.717) is 22.0 Å². The average Bonchev–Trinajstić information content (AvgIpc) is 2.78. The van der Waals surface area contributed by atoms with Crippen LogP contribution in [0.25, 0.3) is 0 Å². The third-order valence-electron chi connectivity index (χ3n) is 3.16. The number of amides is 1. The Balaban J connectivity index is 2.32. The smallest absolute Gasteiger partial charge is 0.272 e. The van der Waals surface area contributed by atoms with Crippen molar-refractivity contribution < 1.29 is 4.79 Å². The number of aryl methyl sites for hydroxylation is 1. The topological polar surface area (TPSA) is 60.1 Å². The zero-order valence-electron chi connectivity index (χ0n) is 11.9. The molecule has 0 saturated carbocycles. The maximum atomic E-state index is 12.3. The van der Waals surface area contributed by atoms with Crippen LogP contribution in [0.3, 0.4) is 0 Å². The van der Waals surface area contributed by atoms with E-state index in [1.54, 1.807) is 24.3 Å². The molecule has 0 aliphatic rings. The summed E-state index contributed by atoms with van der Waals surface area (Å²) in [5.74, 6) is 5.49. The molecule has 4 nitrogen and oxygen atoms in total. The van der Waals surface area contributed by atoms with E-state index in [1.807, 2.05) is 24.6 Å². The first kappa shape index (κ1) is 15.2. The monoisotopic (exact) mass is 301 g/mol. The lowest BCUT2D eigenvalue weighted by atomic mass is 10.1. The molecular weight excluding hydrogens is 286 g/mol. The van der Waals surface area contributed by atoms with Crippen LogP contribution in [0.1, 0.15) is 21.7 Å². The number of carbonyl (C=O) groups is 1. The number of rotatable bonds is 2. The van der Waals surface area contributed by atoms with Gasteiger partial charge < -0.3 is 15.6 Å². The quantitative estimate of drug-likeness (QED) is 0.838. The Labute approximate surface area is 128 Å². The Morgan fingerprint density at radius 3 is 2.76 bits per heavy atom.